The summed E-state index contributed by atoms with van der Waals surface area (Å²) < 4.78 is 0. The Labute approximate surface area is 88.6 Å². The number of pyridine rings is 1. The molecule has 0 aromatic carbocycles. The minimum absolute atomic E-state index is 0.0731. The molecule has 0 fully saturated rings. The maximum Gasteiger partial charge on any atom is 0.128 e. The van der Waals surface area contributed by atoms with Gasteiger partial charge in [-0.25, -0.2) is 4.98 Å². The lowest BCUT2D eigenvalue weighted by atomic mass is 10.2. The molecule has 0 aliphatic carbocycles. The molecule has 76 valence electrons. The molecule has 1 N–H and O–H groups in total. The summed E-state index contributed by atoms with van der Waals surface area (Å²) in [6.45, 7) is 4.28. The van der Waals surface area contributed by atoms with Gasteiger partial charge in [0.1, 0.15) is 5.82 Å². The molecule has 1 heterocycles. The van der Waals surface area contributed by atoms with Crippen LogP contribution in [0, 0.1) is 0 Å². The van der Waals surface area contributed by atoms with Crippen molar-refractivity contribution in [3.05, 3.63) is 35.5 Å². The first-order valence-corrected chi connectivity index (χ1v) is 4.64. The van der Waals surface area contributed by atoms with E-state index in [-0.39, 0.29) is 6.61 Å². The van der Waals surface area contributed by atoms with E-state index in [2.05, 4.69) is 11.6 Å². The van der Waals surface area contributed by atoms with Crippen LogP contribution in [-0.4, -0.2) is 23.7 Å². The number of likely N-dealkylation sites (N-methyl/N-ethyl adjacent to an activating group) is 1. The normalized spacial score (nSPS) is 9.93. The Kier molecular flexibility index (Phi) is 3.92. The topological polar surface area (TPSA) is 36.4 Å². The summed E-state index contributed by atoms with van der Waals surface area (Å²) in [7, 11) is 1.90. The van der Waals surface area contributed by atoms with Crippen LogP contribution < -0.4 is 4.90 Å². The summed E-state index contributed by atoms with van der Waals surface area (Å²) in [6.07, 6.45) is 3.33. The van der Waals surface area contributed by atoms with Crippen molar-refractivity contribution >= 4 is 17.4 Å². The maximum absolute atomic E-state index is 9.00. The van der Waals surface area contributed by atoms with Crippen LogP contribution in [0.25, 0.3) is 0 Å². The van der Waals surface area contributed by atoms with Crippen LogP contribution in [0.5, 0.6) is 0 Å². The summed E-state index contributed by atoms with van der Waals surface area (Å²) in [6, 6.07) is 1.77. The van der Waals surface area contributed by atoms with E-state index in [4.69, 9.17) is 16.7 Å². The van der Waals surface area contributed by atoms with Gasteiger partial charge in [0.25, 0.3) is 0 Å². The number of halogens is 1. The molecule has 14 heavy (non-hydrogen) atoms. The molecule has 0 saturated carbocycles. The highest BCUT2D eigenvalue weighted by Crippen LogP contribution is 2.19. The van der Waals surface area contributed by atoms with Crippen molar-refractivity contribution in [3.63, 3.8) is 0 Å². The van der Waals surface area contributed by atoms with Gasteiger partial charge in [-0.1, -0.05) is 17.7 Å². The molecule has 0 saturated heterocycles. The molecule has 3 nitrogen and oxygen atoms in total. The van der Waals surface area contributed by atoms with E-state index in [1.807, 2.05) is 11.9 Å². The average Bonchev–Trinajstić information content (AvgIpc) is 2.19. The molecule has 4 heteroatoms. The first-order chi connectivity index (χ1) is 6.69. The van der Waals surface area contributed by atoms with Crippen LogP contribution in [0.15, 0.2) is 24.9 Å². The SMILES string of the molecule is C=CCN(C)c1cc(CO)c(Cl)cn1. The smallest absolute Gasteiger partial charge is 0.128 e. The Hall–Kier alpha value is -1.06. The molecule has 0 aliphatic heterocycles. The molecule has 1 rings (SSSR count). The van der Waals surface area contributed by atoms with Crippen LogP contribution in [0.3, 0.4) is 0 Å². The van der Waals surface area contributed by atoms with Crippen molar-refractivity contribution in [2.75, 3.05) is 18.5 Å². The van der Waals surface area contributed by atoms with E-state index in [0.29, 0.717) is 17.1 Å². The molecule has 0 bridgehead atoms. The van der Waals surface area contributed by atoms with E-state index < -0.39 is 0 Å². The molecule has 1 aromatic rings. The lowest BCUT2D eigenvalue weighted by Gasteiger charge is -2.16. The van der Waals surface area contributed by atoms with Gasteiger partial charge in [-0.3, -0.25) is 0 Å². The highest BCUT2D eigenvalue weighted by atomic mass is 35.5. The molecule has 0 amide bonds. The molecule has 1 aromatic heterocycles. The molecular formula is C10H13ClN2O. The van der Waals surface area contributed by atoms with Crippen molar-refractivity contribution in [2.24, 2.45) is 0 Å². The van der Waals surface area contributed by atoms with Crippen molar-refractivity contribution in [2.45, 2.75) is 6.61 Å². The predicted octanol–water partition coefficient (Wildman–Crippen LogP) is 1.85. The number of aliphatic hydroxyl groups excluding tert-OH is 1. The second kappa shape index (κ2) is 4.98. The summed E-state index contributed by atoms with van der Waals surface area (Å²) in [5.74, 6) is 0.776. The van der Waals surface area contributed by atoms with Gasteiger partial charge in [-0.2, -0.15) is 0 Å². The number of hydrogen-bond acceptors (Lipinski definition) is 3. The van der Waals surface area contributed by atoms with Gasteiger partial charge in [0.2, 0.25) is 0 Å². The highest BCUT2D eigenvalue weighted by Gasteiger charge is 2.04. The Morgan fingerprint density at radius 1 is 1.71 bits per heavy atom. The number of aromatic nitrogens is 1. The molecule has 0 unspecified atom stereocenters. The van der Waals surface area contributed by atoms with Gasteiger partial charge < -0.3 is 10.0 Å². The molecule has 0 aliphatic rings. The monoisotopic (exact) mass is 212 g/mol. The third kappa shape index (κ3) is 2.47. The standard InChI is InChI=1S/C10H13ClN2O/c1-3-4-13(2)10-5-8(7-14)9(11)6-12-10/h3,5-6,14H,1,4,7H2,2H3. The first kappa shape index (κ1) is 11.0. The second-order valence-electron chi connectivity index (χ2n) is 2.96. The maximum atomic E-state index is 9.00. The lowest BCUT2D eigenvalue weighted by molar-refractivity contribution is 0.282. The summed E-state index contributed by atoms with van der Waals surface area (Å²) >= 11 is 5.82. The number of nitrogens with zero attached hydrogens (tertiary/aromatic N) is 2. The largest absolute Gasteiger partial charge is 0.392 e. The zero-order valence-corrected chi connectivity index (χ0v) is 8.83. The van der Waals surface area contributed by atoms with Gasteiger partial charge in [-0.05, 0) is 6.07 Å². The van der Waals surface area contributed by atoms with Gasteiger partial charge in [0, 0.05) is 25.4 Å². The quantitative estimate of drug-likeness (QED) is 0.774. The van der Waals surface area contributed by atoms with Crippen molar-refractivity contribution in [1.29, 1.82) is 0 Å². The Bertz CT molecular complexity index is 328. The number of anilines is 1. The van der Waals surface area contributed by atoms with E-state index in [0.717, 1.165) is 5.82 Å². The minimum atomic E-state index is -0.0731. The molecular weight excluding hydrogens is 200 g/mol. The van der Waals surface area contributed by atoms with Crippen LogP contribution >= 0.6 is 11.6 Å². The Morgan fingerprint density at radius 2 is 2.43 bits per heavy atom. The molecule has 0 radical (unpaired) electrons. The Morgan fingerprint density at radius 3 is 3.00 bits per heavy atom. The molecule has 0 spiro atoms. The van der Waals surface area contributed by atoms with Crippen molar-refractivity contribution < 1.29 is 5.11 Å². The third-order valence-corrected chi connectivity index (χ3v) is 2.22. The van der Waals surface area contributed by atoms with E-state index in [1.54, 1.807) is 18.3 Å². The minimum Gasteiger partial charge on any atom is -0.392 e. The van der Waals surface area contributed by atoms with Crippen LogP contribution in [0.1, 0.15) is 5.56 Å². The van der Waals surface area contributed by atoms with Gasteiger partial charge in [0.05, 0.1) is 11.6 Å². The summed E-state index contributed by atoms with van der Waals surface area (Å²) in [5, 5.41) is 9.49. The van der Waals surface area contributed by atoms with E-state index in [9.17, 15) is 0 Å². The average molecular weight is 213 g/mol. The highest BCUT2D eigenvalue weighted by molar-refractivity contribution is 6.31. The lowest BCUT2D eigenvalue weighted by Crippen LogP contribution is -2.18. The van der Waals surface area contributed by atoms with Gasteiger partial charge >= 0.3 is 0 Å². The van der Waals surface area contributed by atoms with Gasteiger partial charge in [-0.15, -0.1) is 6.58 Å². The fraction of sp³-hybridized carbons (Fsp3) is 0.300. The zero-order chi connectivity index (χ0) is 10.6. The third-order valence-electron chi connectivity index (χ3n) is 1.88. The Balaban J connectivity index is 2.93. The fourth-order valence-corrected chi connectivity index (χ4v) is 1.25. The van der Waals surface area contributed by atoms with Crippen molar-refractivity contribution in [1.82, 2.24) is 4.98 Å². The first-order valence-electron chi connectivity index (χ1n) is 4.26. The fourth-order valence-electron chi connectivity index (χ4n) is 1.08. The van der Waals surface area contributed by atoms with Crippen LogP contribution in [-0.2, 0) is 6.61 Å². The summed E-state index contributed by atoms with van der Waals surface area (Å²) in [5.41, 5.74) is 0.688. The van der Waals surface area contributed by atoms with Crippen LogP contribution in [0.4, 0.5) is 5.82 Å². The number of aliphatic hydroxyl groups is 1. The number of rotatable bonds is 4. The molecule has 0 atom stereocenters. The van der Waals surface area contributed by atoms with Crippen molar-refractivity contribution in [3.8, 4) is 0 Å². The second-order valence-corrected chi connectivity index (χ2v) is 3.37. The van der Waals surface area contributed by atoms with E-state index >= 15 is 0 Å². The predicted molar refractivity (Wildman–Crippen MR) is 58.6 cm³/mol. The summed E-state index contributed by atoms with van der Waals surface area (Å²) in [4.78, 5) is 6.06. The van der Waals surface area contributed by atoms with Crippen LogP contribution in [0.2, 0.25) is 5.02 Å². The number of hydrogen-bond donors (Lipinski definition) is 1. The van der Waals surface area contributed by atoms with E-state index in [1.165, 1.54) is 0 Å². The zero-order valence-electron chi connectivity index (χ0n) is 8.07. The van der Waals surface area contributed by atoms with Gasteiger partial charge in [0.15, 0.2) is 0 Å².